The van der Waals surface area contributed by atoms with E-state index in [9.17, 15) is 14.4 Å². The number of hydrogen-bond acceptors (Lipinski definition) is 7. The van der Waals surface area contributed by atoms with E-state index in [0.29, 0.717) is 44.3 Å². The molecule has 2 atom stereocenters. The van der Waals surface area contributed by atoms with E-state index in [2.05, 4.69) is 5.32 Å². The van der Waals surface area contributed by atoms with E-state index in [1.807, 2.05) is 54.6 Å². The molecule has 1 saturated heterocycles. The van der Waals surface area contributed by atoms with E-state index >= 15 is 0 Å². The van der Waals surface area contributed by atoms with Gasteiger partial charge in [0.05, 0.1) is 19.2 Å². The zero-order chi connectivity index (χ0) is 39.6. The van der Waals surface area contributed by atoms with Crippen LogP contribution in [-0.2, 0) is 4.79 Å². The summed E-state index contributed by atoms with van der Waals surface area (Å²) in [6.07, 6.45) is 0. The molecule has 0 aromatic heterocycles. The molecule has 1 fully saturated rings. The molecular formula is C42H37BCl2N5O7+. The highest BCUT2D eigenvalue weighted by Crippen LogP contribution is 2.46. The second-order valence-corrected chi connectivity index (χ2v) is 14.6. The number of carbonyl (C=O) groups is 3. The van der Waals surface area contributed by atoms with Gasteiger partial charge >= 0.3 is 13.1 Å². The second-order valence-electron chi connectivity index (χ2n) is 13.7. The minimum absolute atomic E-state index is 0.123. The third-order valence-electron chi connectivity index (χ3n) is 10.2. The highest BCUT2D eigenvalue weighted by Gasteiger charge is 2.46. The molecule has 3 heterocycles. The van der Waals surface area contributed by atoms with Gasteiger partial charge in [0, 0.05) is 47.3 Å². The van der Waals surface area contributed by atoms with Gasteiger partial charge < -0.3 is 34.3 Å². The van der Waals surface area contributed by atoms with Crippen LogP contribution in [0.25, 0.3) is 0 Å². The van der Waals surface area contributed by atoms with Crippen LogP contribution in [0, 0.1) is 0 Å². The van der Waals surface area contributed by atoms with Crippen molar-refractivity contribution in [1.82, 2.24) is 20.0 Å². The molecule has 5 aromatic carbocycles. The Morgan fingerprint density at radius 1 is 0.877 bits per heavy atom. The Morgan fingerprint density at radius 3 is 2.26 bits per heavy atom. The number of fused-ring (bicyclic) bond motifs is 1. The number of hydrogen-bond donors (Lipinski definition) is 1. The lowest BCUT2D eigenvalue weighted by Gasteiger charge is -2.38. The summed E-state index contributed by atoms with van der Waals surface area (Å²) in [6, 6.07) is 32.4. The third kappa shape index (κ3) is 7.81. The van der Waals surface area contributed by atoms with Gasteiger partial charge in [-0.25, -0.2) is 4.79 Å². The number of carbonyl (C=O) groups excluding carboxylic acids is 3. The molecule has 3 aliphatic rings. The number of aliphatic imine (C=N–C) groups is 1. The molecule has 5 aromatic rings. The summed E-state index contributed by atoms with van der Waals surface area (Å²) < 4.78 is 17.2. The van der Waals surface area contributed by atoms with E-state index in [0.717, 1.165) is 16.6 Å². The van der Waals surface area contributed by atoms with Crippen LogP contribution in [0.15, 0.2) is 120 Å². The van der Waals surface area contributed by atoms with Gasteiger partial charge in [-0.1, -0.05) is 77.8 Å². The monoisotopic (exact) mass is 804 g/mol. The van der Waals surface area contributed by atoms with Crippen LogP contribution in [0.4, 0.5) is 4.79 Å². The Kier molecular flexibility index (Phi) is 10.7. The standard InChI is InChI=1S/C42H36BCl2N5O7/c1-55-32-16-17-33(34(51)24-32)40-47-38(26-7-12-30(44)13-8-26)39(27-9-14-31(45)15-10-27)50(40)42(54)49-22-21-48(37(52)25-49)20-19-46-41(53)28-11-18-35-36(23-28)57-43(56-35)29-5-3-2-4-6-29/h2-18,23-24,38-39,51H,19-22,25H2,1H3,(H,46,53)/p+1/t38-,39+/m0/s1. The van der Waals surface area contributed by atoms with E-state index in [-0.39, 0.29) is 50.3 Å². The van der Waals surface area contributed by atoms with Gasteiger partial charge in [0.2, 0.25) is 5.91 Å². The summed E-state index contributed by atoms with van der Waals surface area (Å²) in [4.78, 5) is 51.3. The predicted molar refractivity (Wildman–Crippen MR) is 218 cm³/mol. The fraction of sp³-hybridized carbons (Fsp3) is 0.190. The van der Waals surface area contributed by atoms with Crippen molar-refractivity contribution in [2.75, 3.05) is 39.8 Å². The minimum atomic E-state index is -0.642. The first-order chi connectivity index (χ1) is 27.7. The first kappa shape index (κ1) is 37.7. The quantitative estimate of drug-likeness (QED) is 0.147. The maximum absolute atomic E-state index is 14.8. The highest BCUT2D eigenvalue weighted by atomic mass is 35.5. The lowest BCUT2D eigenvalue weighted by atomic mass is 9.79. The molecule has 0 aliphatic carbocycles. The van der Waals surface area contributed by atoms with Crippen LogP contribution in [0.3, 0.4) is 0 Å². The maximum atomic E-state index is 14.8. The molecule has 0 spiro atoms. The summed E-state index contributed by atoms with van der Waals surface area (Å²) in [5.41, 5.74) is 3.27. The zero-order valence-electron chi connectivity index (χ0n) is 30.7. The van der Waals surface area contributed by atoms with Gasteiger partial charge in [-0.05, 0) is 65.7 Å². The van der Waals surface area contributed by atoms with Crippen LogP contribution in [0.5, 0.6) is 23.0 Å². The molecular weight excluding hydrogens is 768 g/mol. The molecule has 15 heteroatoms. The average molecular weight is 806 g/mol. The molecule has 288 valence electrons. The summed E-state index contributed by atoms with van der Waals surface area (Å²) in [6.45, 7) is 0.764. The van der Waals surface area contributed by atoms with Gasteiger partial charge in [0.15, 0.2) is 0 Å². The van der Waals surface area contributed by atoms with Crippen LogP contribution in [0.2, 0.25) is 10.0 Å². The molecule has 0 saturated carbocycles. The SMILES string of the molecule is COc1ccc(C2=N[C@@H](c3ccc(Cl)cc3)[C@@H](c3ccc(Cl)cc3)N2C(=O)N2CCN(CCNC(=O)c3ccc4c(c3)OB(c3ccccc3)O4)C(=O)C2)c([OH2+])c1. The largest absolute Gasteiger partial charge is 0.632 e. The molecule has 0 unspecified atom stereocenters. The van der Waals surface area contributed by atoms with Crippen LogP contribution in [0.1, 0.15) is 39.1 Å². The molecule has 3 aliphatic heterocycles. The summed E-state index contributed by atoms with van der Waals surface area (Å²) in [7, 11) is 0.932. The van der Waals surface area contributed by atoms with Gasteiger partial charge in [-0.2, -0.15) is 0 Å². The number of ether oxygens (including phenoxy) is 1. The number of piperazine rings is 1. The summed E-state index contributed by atoms with van der Waals surface area (Å²) in [5.74, 6) is 1.36. The van der Waals surface area contributed by atoms with Gasteiger partial charge in [-0.15, -0.1) is 0 Å². The molecule has 57 heavy (non-hydrogen) atoms. The average Bonchev–Trinajstić information content (AvgIpc) is 3.84. The van der Waals surface area contributed by atoms with Crippen LogP contribution >= 0.6 is 23.2 Å². The number of methoxy groups -OCH3 is 1. The summed E-state index contributed by atoms with van der Waals surface area (Å²) >= 11 is 12.6. The molecule has 3 N–H and O–H groups in total. The minimum Gasteiger partial charge on any atom is -0.593 e. The first-order valence-corrected chi connectivity index (χ1v) is 19.1. The topological polar surface area (TPSA) is 136 Å². The Hall–Kier alpha value is -6.18. The number of nitrogens with one attached hydrogen (secondary N) is 1. The number of rotatable bonds is 9. The second kappa shape index (κ2) is 16.1. The number of nitrogens with zero attached hydrogens (tertiary/aromatic N) is 4. The van der Waals surface area contributed by atoms with Crippen LogP contribution in [-0.4, -0.2) is 90.4 Å². The Morgan fingerprint density at radius 2 is 1.58 bits per heavy atom. The molecule has 8 rings (SSSR count). The highest BCUT2D eigenvalue weighted by molar-refractivity contribution is 6.63. The first-order valence-electron chi connectivity index (χ1n) is 18.3. The normalized spacial score (nSPS) is 17.5. The lowest BCUT2D eigenvalue weighted by molar-refractivity contribution is -0.134. The van der Waals surface area contributed by atoms with Crippen molar-refractivity contribution in [2.45, 2.75) is 12.1 Å². The molecule has 0 radical (unpaired) electrons. The van der Waals surface area contributed by atoms with E-state index in [1.54, 1.807) is 70.5 Å². The maximum Gasteiger partial charge on any atom is 0.632 e. The number of benzene rings is 5. The van der Waals surface area contributed by atoms with Gasteiger partial charge in [-0.3, -0.25) is 19.5 Å². The van der Waals surface area contributed by atoms with Gasteiger partial charge in [0.25, 0.3) is 11.7 Å². The summed E-state index contributed by atoms with van der Waals surface area (Å²) in [5, 5.41) is 12.9. The van der Waals surface area contributed by atoms with Crippen molar-refractivity contribution in [3.63, 3.8) is 0 Å². The fourth-order valence-corrected chi connectivity index (χ4v) is 7.46. The van der Waals surface area contributed by atoms with Crippen molar-refractivity contribution in [1.29, 1.82) is 0 Å². The molecule has 4 amide bonds. The van der Waals surface area contributed by atoms with E-state index < -0.39 is 25.2 Å². The number of amidine groups is 1. The Balaban J connectivity index is 0.970. The van der Waals surface area contributed by atoms with Crippen molar-refractivity contribution >= 4 is 59.5 Å². The van der Waals surface area contributed by atoms with Gasteiger partial charge in [0.1, 0.15) is 41.2 Å². The van der Waals surface area contributed by atoms with Crippen LogP contribution < -0.4 is 24.8 Å². The van der Waals surface area contributed by atoms with Crippen molar-refractivity contribution < 1.29 is 33.5 Å². The fourth-order valence-electron chi connectivity index (χ4n) is 7.21. The van der Waals surface area contributed by atoms with Crippen molar-refractivity contribution in [2.24, 2.45) is 4.99 Å². The number of halogens is 2. The zero-order valence-corrected chi connectivity index (χ0v) is 32.2. The van der Waals surface area contributed by atoms with Crippen molar-refractivity contribution in [3.8, 4) is 23.0 Å². The predicted octanol–water partition coefficient (Wildman–Crippen LogP) is 5.85. The van der Waals surface area contributed by atoms with Crippen molar-refractivity contribution in [3.05, 3.63) is 148 Å². The Labute approximate surface area is 339 Å². The smallest absolute Gasteiger partial charge is 0.593 e. The molecule has 12 nitrogen and oxygen atoms in total. The Bertz CT molecular complexity index is 2350. The molecule has 0 bridgehead atoms. The lowest BCUT2D eigenvalue weighted by Crippen LogP contribution is -2.57. The van der Waals surface area contributed by atoms with E-state index in [1.165, 1.54) is 12.0 Å². The number of amides is 4. The number of urea groups is 1. The van der Waals surface area contributed by atoms with E-state index in [4.69, 9.17) is 47.3 Å². The third-order valence-corrected chi connectivity index (χ3v) is 10.7.